The zero-order valence-corrected chi connectivity index (χ0v) is 9.06. The topological polar surface area (TPSA) is 53.1 Å². The van der Waals surface area contributed by atoms with E-state index in [9.17, 15) is 0 Å². The molecule has 4 nitrogen and oxygen atoms in total. The van der Waals surface area contributed by atoms with E-state index in [2.05, 4.69) is 5.10 Å². The molecule has 0 radical (unpaired) electrons. The lowest BCUT2D eigenvalue weighted by Gasteiger charge is -2.08. The van der Waals surface area contributed by atoms with Crippen molar-refractivity contribution in [3.05, 3.63) is 12.4 Å². The minimum atomic E-state index is 0.594. The van der Waals surface area contributed by atoms with E-state index in [0.29, 0.717) is 19.2 Å². The number of rotatable bonds is 5. The SMILES string of the molecule is NCCCOc1cnn(C2CCCC2)c1. The van der Waals surface area contributed by atoms with Crippen molar-refractivity contribution in [2.75, 3.05) is 13.2 Å². The van der Waals surface area contributed by atoms with Crippen molar-refractivity contribution in [3.8, 4) is 5.75 Å². The zero-order valence-electron chi connectivity index (χ0n) is 9.06. The first-order valence-electron chi connectivity index (χ1n) is 5.77. The van der Waals surface area contributed by atoms with E-state index < -0.39 is 0 Å². The van der Waals surface area contributed by atoms with Crippen LogP contribution >= 0.6 is 0 Å². The molecule has 15 heavy (non-hydrogen) atoms. The Labute approximate surface area is 90.4 Å². The first-order chi connectivity index (χ1) is 7.40. The molecule has 0 amide bonds. The van der Waals surface area contributed by atoms with Crippen molar-refractivity contribution in [3.63, 3.8) is 0 Å². The number of aromatic nitrogens is 2. The largest absolute Gasteiger partial charge is 0.490 e. The van der Waals surface area contributed by atoms with Crippen LogP contribution in [-0.2, 0) is 0 Å². The van der Waals surface area contributed by atoms with Gasteiger partial charge in [-0.3, -0.25) is 4.68 Å². The van der Waals surface area contributed by atoms with Crippen LogP contribution in [0.15, 0.2) is 12.4 Å². The smallest absolute Gasteiger partial charge is 0.157 e. The van der Waals surface area contributed by atoms with Gasteiger partial charge in [0.15, 0.2) is 5.75 Å². The Morgan fingerprint density at radius 2 is 2.27 bits per heavy atom. The Balaban J connectivity index is 1.86. The molecule has 4 heteroatoms. The highest BCUT2D eigenvalue weighted by molar-refractivity contribution is 5.12. The summed E-state index contributed by atoms with van der Waals surface area (Å²) in [6.07, 6.45) is 9.87. The lowest BCUT2D eigenvalue weighted by Crippen LogP contribution is -2.06. The van der Waals surface area contributed by atoms with E-state index in [1.54, 1.807) is 6.20 Å². The summed E-state index contributed by atoms with van der Waals surface area (Å²) in [7, 11) is 0. The number of ether oxygens (including phenoxy) is 1. The summed E-state index contributed by atoms with van der Waals surface area (Å²) in [5.74, 6) is 0.871. The van der Waals surface area contributed by atoms with Crippen LogP contribution in [-0.4, -0.2) is 22.9 Å². The number of hydrogen-bond donors (Lipinski definition) is 1. The summed E-state index contributed by atoms with van der Waals surface area (Å²) < 4.78 is 7.57. The third-order valence-corrected chi connectivity index (χ3v) is 2.89. The minimum absolute atomic E-state index is 0.594. The Morgan fingerprint density at radius 3 is 3.00 bits per heavy atom. The molecular formula is C11H19N3O. The van der Waals surface area contributed by atoms with Crippen molar-refractivity contribution in [1.82, 2.24) is 9.78 Å². The Morgan fingerprint density at radius 1 is 1.47 bits per heavy atom. The molecule has 0 spiro atoms. The molecule has 1 fully saturated rings. The van der Waals surface area contributed by atoms with Gasteiger partial charge in [-0.15, -0.1) is 0 Å². The molecule has 1 aliphatic rings. The third-order valence-electron chi connectivity index (χ3n) is 2.89. The predicted molar refractivity (Wildman–Crippen MR) is 58.9 cm³/mol. The van der Waals surface area contributed by atoms with Crippen LogP contribution in [0.25, 0.3) is 0 Å². The highest BCUT2D eigenvalue weighted by atomic mass is 16.5. The number of nitrogens with zero attached hydrogens (tertiary/aromatic N) is 2. The fraction of sp³-hybridized carbons (Fsp3) is 0.727. The maximum atomic E-state index is 5.52. The molecule has 0 atom stereocenters. The zero-order chi connectivity index (χ0) is 10.5. The summed E-state index contributed by atoms with van der Waals surface area (Å²) in [4.78, 5) is 0. The molecule has 84 valence electrons. The number of hydrogen-bond acceptors (Lipinski definition) is 3. The maximum Gasteiger partial charge on any atom is 0.157 e. The van der Waals surface area contributed by atoms with Gasteiger partial charge in [-0.1, -0.05) is 12.8 Å². The highest BCUT2D eigenvalue weighted by Gasteiger charge is 2.17. The fourth-order valence-electron chi connectivity index (χ4n) is 2.04. The first-order valence-corrected chi connectivity index (χ1v) is 5.77. The van der Waals surface area contributed by atoms with Gasteiger partial charge in [0.1, 0.15) is 0 Å². The van der Waals surface area contributed by atoms with Crippen LogP contribution in [0.5, 0.6) is 5.75 Å². The normalized spacial score (nSPS) is 17.1. The third kappa shape index (κ3) is 2.72. The lowest BCUT2D eigenvalue weighted by molar-refractivity contribution is 0.312. The van der Waals surface area contributed by atoms with E-state index in [1.807, 2.05) is 10.9 Å². The van der Waals surface area contributed by atoms with Crippen molar-refractivity contribution in [2.45, 2.75) is 38.1 Å². The molecule has 1 aliphatic carbocycles. The minimum Gasteiger partial charge on any atom is -0.490 e. The van der Waals surface area contributed by atoms with Gasteiger partial charge in [-0.25, -0.2) is 0 Å². The number of nitrogens with two attached hydrogens (primary N) is 1. The van der Waals surface area contributed by atoms with E-state index in [0.717, 1.165) is 12.2 Å². The van der Waals surface area contributed by atoms with Crippen LogP contribution in [0.1, 0.15) is 38.1 Å². The molecule has 0 saturated heterocycles. The Hall–Kier alpha value is -1.03. The second-order valence-corrected chi connectivity index (χ2v) is 4.09. The van der Waals surface area contributed by atoms with E-state index in [1.165, 1.54) is 25.7 Å². The molecule has 0 aromatic carbocycles. The molecule has 1 saturated carbocycles. The van der Waals surface area contributed by atoms with E-state index >= 15 is 0 Å². The Kier molecular flexibility index (Phi) is 3.61. The summed E-state index contributed by atoms with van der Waals surface area (Å²) in [5.41, 5.74) is 5.40. The molecular weight excluding hydrogens is 190 g/mol. The van der Waals surface area contributed by atoms with Gasteiger partial charge in [0.25, 0.3) is 0 Å². The highest BCUT2D eigenvalue weighted by Crippen LogP contribution is 2.29. The average Bonchev–Trinajstić information content (AvgIpc) is 2.87. The first kappa shape index (κ1) is 10.5. The van der Waals surface area contributed by atoms with Crippen LogP contribution in [0, 0.1) is 0 Å². The van der Waals surface area contributed by atoms with E-state index in [-0.39, 0.29) is 0 Å². The molecule has 2 N–H and O–H groups in total. The second kappa shape index (κ2) is 5.16. The summed E-state index contributed by atoms with van der Waals surface area (Å²) in [6.45, 7) is 1.36. The Bertz CT molecular complexity index is 292. The molecule has 0 bridgehead atoms. The maximum absolute atomic E-state index is 5.52. The van der Waals surface area contributed by atoms with Crippen LogP contribution in [0.3, 0.4) is 0 Å². The van der Waals surface area contributed by atoms with Gasteiger partial charge in [-0.05, 0) is 25.8 Å². The predicted octanol–water partition coefficient (Wildman–Crippen LogP) is 1.73. The molecule has 1 heterocycles. The van der Waals surface area contributed by atoms with Crippen molar-refractivity contribution < 1.29 is 4.74 Å². The molecule has 0 unspecified atom stereocenters. The monoisotopic (exact) mass is 209 g/mol. The van der Waals surface area contributed by atoms with Crippen molar-refractivity contribution in [2.24, 2.45) is 5.73 Å². The van der Waals surface area contributed by atoms with Gasteiger partial charge in [0.05, 0.1) is 25.0 Å². The quantitative estimate of drug-likeness (QED) is 0.751. The fourth-order valence-corrected chi connectivity index (χ4v) is 2.04. The van der Waals surface area contributed by atoms with Gasteiger partial charge < -0.3 is 10.5 Å². The average molecular weight is 209 g/mol. The molecule has 0 aliphatic heterocycles. The lowest BCUT2D eigenvalue weighted by atomic mass is 10.3. The van der Waals surface area contributed by atoms with Gasteiger partial charge >= 0.3 is 0 Å². The van der Waals surface area contributed by atoms with Gasteiger partial charge in [0.2, 0.25) is 0 Å². The van der Waals surface area contributed by atoms with Crippen molar-refractivity contribution >= 4 is 0 Å². The summed E-state index contributed by atoms with van der Waals surface area (Å²) >= 11 is 0. The summed E-state index contributed by atoms with van der Waals surface area (Å²) in [5, 5.41) is 4.34. The standard InChI is InChI=1S/C11H19N3O/c12-6-3-7-15-11-8-13-14(9-11)10-4-1-2-5-10/h8-10H,1-7,12H2. The molecule has 2 rings (SSSR count). The molecule has 1 aromatic heterocycles. The van der Waals surface area contributed by atoms with Gasteiger partial charge in [0, 0.05) is 0 Å². The van der Waals surface area contributed by atoms with Gasteiger partial charge in [-0.2, -0.15) is 5.10 Å². The van der Waals surface area contributed by atoms with Crippen LogP contribution in [0.4, 0.5) is 0 Å². The molecule has 1 aromatic rings. The summed E-state index contributed by atoms with van der Waals surface area (Å²) in [6, 6.07) is 0.594. The van der Waals surface area contributed by atoms with Crippen molar-refractivity contribution in [1.29, 1.82) is 0 Å². The second-order valence-electron chi connectivity index (χ2n) is 4.09. The van der Waals surface area contributed by atoms with E-state index in [4.69, 9.17) is 10.5 Å². The van der Waals surface area contributed by atoms with Crippen LogP contribution < -0.4 is 10.5 Å². The van der Waals surface area contributed by atoms with Crippen LogP contribution in [0.2, 0.25) is 0 Å².